The average Bonchev–Trinajstić information content (AvgIpc) is 2.48. The summed E-state index contributed by atoms with van der Waals surface area (Å²) in [7, 11) is 0. The van der Waals surface area contributed by atoms with Gasteiger partial charge in [0.25, 0.3) is 0 Å². The van der Waals surface area contributed by atoms with Crippen LogP contribution >= 0.6 is 0 Å². The van der Waals surface area contributed by atoms with E-state index in [0.717, 1.165) is 38.9 Å². The number of carbonyl (C=O) groups is 1. The van der Waals surface area contributed by atoms with E-state index in [9.17, 15) is 9.18 Å². The van der Waals surface area contributed by atoms with Crippen LogP contribution in [0, 0.1) is 5.82 Å². The van der Waals surface area contributed by atoms with Gasteiger partial charge in [-0.05, 0) is 50.1 Å². The standard InChI is InChI=1S/C15H22FN3O/c1-2-9-17-14-4-3-10-19(11-14)15(20)18-13-7-5-12(16)6-8-13/h5-8,14,17H,2-4,9-11H2,1H3,(H,18,20). The molecular weight excluding hydrogens is 257 g/mol. The molecule has 2 rings (SSSR count). The van der Waals surface area contributed by atoms with Crippen LogP contribution in [0.3, 0.4) is 0 Å². The van der Waals surface area contributed by atoms with Crippen LogP contribution < -0.4 is 10.6 Å². The van der Waals surface area contributed by atoms with Crippen LogP contribution in [0.5, 0.6) is 0 Å². The summed E-state index contributed by atoms with van der Waals surface area (Å²) in [5.74, 6) is -0.301. The molecule has 0 radical (unpaired) electrons. The Hall–Kier alpha value is -1.62. The van der Waals surface area contributed by atoms with Crippen molar-refractivity contribution in [2.75, 3.05) is 25.0 Å². The summed E-state index contributed by atoms with van der Waals surface area (Å²) in [6.07, 6.45) is 3.22. The summed E-state index contributed by atoms with van der Waals surface area (Å²) in [6, 6.07) is 6.10. The van der Waals surface area contributed by atoms with Gasteiger partial charge in [-0.2, -0.15) is 0 Å². The Labute approximate surface area is 119 Å². The van der Waals surface area contributed by atoms with E-state index in [1.54, 1.807) is 12.1 Å². The smallest absolute Gasteiger partial charge is 0.321 e. The Morgan fingerprint density at radius 1 is 1.40 bits per heavy atom. The average molecular weight is 279 g/mol. The largest absolute Gasteiger partial charge is 0.323 e. The molecule has 1 aliphatic rings. The number of nitrogens with one attached hydrogen (secondary N) is 2. The lowest BCUT2D eigenvalue weighted by molar-refractivity contribution is 0.185. The van der Waals surface area contributed by atoms with Gasteiger partial charge in [-0.1, -0.05) is 6.92 Å². The van der Waals surface area contributed by atoms with Gasteiger partial charge < -0.3 is 15.5 Å². The van der Waals surface area contributed by atoms with E-state index in [-0.39, 0.29) is 11.8 Å². The molecule has 1 heterocycles. The van der Waals surface area contributed by atoms with Crippen molar-refractivity contribution in [3.05, 3.63) is 30.1 Å². The van der Waals surface area contributed by atoms with Crippen molar-refractivity contribution < 1.29 is 9.18 Å². The highest BCUT2D eigenvalue weighted by Gasteiger charge is 2.23. The molecule has 1 saturated heterocycles. The first kappa shape index (κ1) is 14.8. The lowest BCUT2D eigenvalue weighted by atomic mass is 10.1. The molecule has 0 aliphatic carbocycles. The maximum atomic E-state index is 12.8. The minimum atomic E-state index is -0.301. The molecule has 2 amide bonds. The van der Waals surface area contributed by atoms with Gasteiger partial charge in [-0.25, -0.2) is 9.18 Å². The number of nitrogens with zero attached hydrogens (tertiary/aromatic N) is 1. The first-order valence-corrected chi connectivity index (χ1v) is 7.24. The molecule has 1 aliphatic heterocycles. The van der Waals surface area contributed by atoms with Gasteiger partial charge in [0.1, 0.15) is 5.82 Å². The van der Waals surface area contributed by atoms with Gasteiger partial charge in [0.05, 0.1) is 0 Å². The topological polar surface area (TPSA) is 44.4 Å². The molecule has 1 fully saturated rings. The number of benzene rings is 1. The molecular formula is C15H22FN3O. The van der Waals surface area contributed by atoms with E-state index >= 15 is 0 Å². The van der Waals surface area contributed by atoms with Crippen LogP contribution in [0.2, 0.25) is 0 Å². The molecule has 5 heteroatoms. The first-order valence-electron chi connectivity index (χ1n) is 7.24. The zero-order chi connectivity index (χ0) is 14.4. The third kappa shape index (κ3) is 4.20. The van der Waals surface area contributed by atoms with Crippen LogP contribution in [0.4, 0.5) is 14.9 Å². The maximum Gasteiger partial charge on any atom is 0.321 e. The molecule has 0 saturated carbocycles. The Bertz CT molecular complexity index is 435. The number of hydrogen-bond acceptors (Lipinski definition) is 2. The number of urea groups is 1. The maximum absolute atomic E-state index is 12.8. The number of carbonyl (C=O) groups excluding carboxylic acids is 1. The van der Waals surface area contributed by atoms with Gasteiger partial charge in [-0.15, -0.1) is 0 Å². The predicted octanol–water partition coefficient (Wildman–Crippen LogP) is 2.82. The second-order valence-electron chi connectivity index (χ2n) is 5.18. The molecule has 4 nitrogen and oxygen atoms in total. The second kappa shape index (κ2) is 7.24. The summed E-state index contributed by atoms with van der Waals surface area (Å²) in [6.45, 7) is 4.62. The first-order chi connectivity index (χ1) is 9.69. The molecule has 110 valence electrons. The Balaban J connectivity index is 1.86. The van der Waals surface area contributed by atoms with E-state index in [1.807, 2.05) is 4.90 Å². The highest BCUT2D eigenvalue weighted by Crippen LogP contribution is 2.13. The Morgan fingerprint density at radius 2 is 2.15 bits per heavy atom. The van der Waals surface area contributed by atoms with Crippen molar-refractivity contribution in [3.63, 3.8) is 0 Å². The predicted molar refractivity (Wildman–Crippen MR) is 78.3 cm³/mol. The van der Waals surface area contributed by atoms with Crippen molar-refractivity contribution in [3.8, 4) is 0 Å². The molecule has 0 bridgehead atoms. The third-order valence-electron chi connectivity index (χ3n) is 3.49. The lowest BCUT2D eigenvalue weighted by Gasteiger charge is -2.33. The molecule has 0 aromatic heterocycles. The fourth-order valence-corrected chi connectivity index (χ4v) is 2.41. The van der Waals surface area contributed by atoms with E-state index in [1.165, 1.54) is 12.1 Å². The number of hydrogen-bond donors (Lipinski definition) is 2. The van der Waals surface area contributed by atoms with Crippen molar-refractivity contribution in [1.29, 1.82) is 0 Å². The fraction of sp³-hybridized carbons (Fsp3) is 0.533. The molecule has 1 unspecified atom stereocenters. The third-order valence-corrected chi connectivity index (χ3v) is 3.49. The van der Waals surface area contributed by atoms with Crippen molar-refractivity contribution >= 4 is 11.7 Å². The van der Waals surface area contributed by atoms with Gasteiger partial charge >= 0.3 is 6.03 Å². The van der Waals surface area contributed by atoms with Crippen LogP contribution in [0.15, 0.2) is 24.3 Å². The number of likely N-dealkylation sites (tertiary alicyclic amines) is 1. The molecule has 2 N–H and O–H groups in total. The summed E-state index contributed by atoms with van der Waals surface area (Å²) in [5, 5.41) is 6.26. The van der Waals surface area contributed by atoms with Crippen LogP contribution in [-0.2, 0) is 0 Å². The number of halogens is 1. The normalized spacial score (nSPS) is 18.9. The van der Waals surface area contributed by atoms with Crippen molar-refractivity contribution in [2.24, 2.45) is 0 Å². The van der Waals surface area contributed by atoms with E-state index in [0.29, 0.717) is 11.7 Å². The van der Waals surface area contributed by atoms with Gasteiger partial charge in [0.15, 0.2) is 0 Å². The van der Waals surface area contributed by atoms with Gasteiger partial charge in [0, 0.05) is 24.8 Å². The molecule has 1 aromatic carbocycles. The highest BCUT2D eigenvalue weighted by molar-refractivity contribution is 5.89. The van der Waals surface area contributed by atoms with E-state index < -0.39 is 0 Å². The van der Waals surface area contributed by atoms with Crippen LogP contribution in [-0.4, -0.2) is 36.6 Å². The number of amides is 2. The lowest BCUT2D eigenvalue weighted by Crippen LogP contribution is -2.49. The summed E-state index contributed by atoms with van der Waals surface area (Å²) >= 11 is 0. The summed E-state index contributed by atoms with van der Waals surface area (Å²) < 4.78 is 12.8. The SMILES string of the molecule is CCCNC1CCCN(C(=O)Nc2ccc(F)cc2)C1. The Morgan fingerprint density at radius 3 is 2.85 bits per heavy atom. The Kier molecular flexibility index (Phi) is 5.35. The van der Waals surface area contributed by atoms with Crippen LogP contribution in [0.1, 0.15) is 26.2 Å². The van der Waals surface area contributed by atoms with Crippen molar-refractivity contribution in [2.45, 2.75) is 32.2 Å². The van der Waals surface area contributed by atoms with Crippen molar-refractivity contribution in [1.82, 2.24) is 10.2 Å². The number of anilines is 1. The number of rotatable bonds is 4. The van der Waals surface area contributed by atoms with E-state index in [4.69, 9.17) is 0 Å². The zero-order valence-corrected chi connectivity index (χ0v) is 11.9. The van der Waals surface area contributed by atoms with Crippen LogP contribution in [0.25, 0.3) is 0 Å². The molecule has 0 spiro atoms. The second-order valence-corrected chi connectivity index (χ2v) is 5.18. The monoisotopic (exact) mass is 279 g/mol. The minimum absolute atomic E-state index is 0.111. The van der Waals surface area contributed by atoms with Gasteiger partial charge in [-0.3, -0.25) is 0 Å². The quantitative estimate of drug-likeness (QED) is 0.890. The number of piperidine rings is 1. The minimum Gasteiger partial charge on any atom is -0.323 e. The molecule has 1 aromatic rings. The zero-order valence-electron chi connectivity index (χ0n) is 11.9. The molecule has 1 atom stereocenters. The highest BCUT2D eigenvalue weighted by atomic mass is 19.1. The molecule has 20 heavy (non-hydrogen) atoms. The summed E-state index contributed by atoms with van der Waals surface area (Å²) in [4.78, 5) is 14.0. The summed E-state index contributed by atoms with van der Waals surface area (Å²) in [5.41, 5.74) is 0.625. The fourth-order valence-electron chi connectivity index (χ4n) is 2.41. The van der Waals surface area contributed by atoms with Gasteiger partial charge in [0.2, 0.25) is 0 Å². The van der Waals surface area contributed by atoms with E-state index in [2.05, 4.69) is 17.6 Å².